The van der Waals surface area contributed by atoms with Crippen LogP contribution >= 0.6 is 0 Å². The fourth-order valence-corrected chi connectivity index (χ4v) is 3.43. The molecular formula is C20H23N5O. The third kappa shape index (κ3) is 3.60. The summed E-state index contributed by atoms with van der Waals surface area (Å²) < 4.78 is 8.14. The second-order valence-electron chi connectivity index (χ2n) is 6.51. The highest BCUT2D eigenvalue weighted by Crippen LogP contribution is 2.26. The van der Waals surface area contributed by atoms with Crippen LogP contribution in [0.5, 0.6) is 5.75 Å². The highest BCUT2D eigenvalue weighted by Gasteiger charge is 2.27. The number of ether oxygens (including phenoxy) is 1. The van der Waals surface area contributed by atoms with Crippen LogP contribution in [-0.2, 0) is 19.5 Å². The molecule has 1 aliphatic rings. The number of fused-ring (bicyclic) bond motifs is 1. The molecule has 3 aromatic heterocycles. The standard InChI is InChI=1S/C20H23N5O/c1-16-20-23-14-18(7-13-26-19-5-9-21-10-6-19)25(20)12-11-24(16)15-17-4-2-3-8-22-17/h2-6,8-10,14,16H,7,11-13,15H2,1H3/t16-/m0/s1. The molecule has 0 amide bonds. The Kier molecular flexibility index (Phi) is 4.93. The molecule has 6 heteroatoms. The molecule has 0 N–H and O–H groups in total. The first-order chi connectivity index (χ1) is 12.8. The Balaban J connectivity index is 1.39. The minimum absolute atomic E-state index is 0.278. The number of nitrogens with zero attached hydrogens (tertiary/aromatic N) is 5. The van der Waals surface area contributed by atoms with Gasteiger partial charge in [-0.25, -0.2) is 4.98 Å². The smallest absolute Gasteiger partial charge is 0.126 e. The van der Waals surface area contributed by atoms with Crippen LogP contribution in [0.1, 0.15) is 30.2 Å². The fraction of sp³-hybridized carbons (Fsp3) is 0.350. The van der Waals surface area contributed by atoms with Crippen LogP contribution in [0, 0.1) is 0 Å². The molecule has 134 valence electrons. The molecule has 0 aliphatic carbocycles. The molecule has 0 spiro atoms. The van der Waals surface area contributed by atoms with Crippen molar-refractivity contribution in [3.63, 3.8) is 0 Å². The van der Waals surface area contributed by atoms with Crippen LogP contribution in [0.4, 0.5) is 0 Å². The Labute approximate surface area is 153 Å². The number of aromatic nitrogens is 4. The van der Waals surface area contributed by atoms with Gasteiger partial charge in [-0.05, 0) is 31.2 Å². The summed E-state index contributed by atoms with van der Waals surface area (Å²) in [5, 5.41) is 0. The first kappa shape index (κ1) is 16.7. The molecule has 0 fully saturated rings. The Morgan fingerprint density at radius 1 is 1.08 bits per heavy atom. The molecule has 4 rings (SSSR count). The molecule has 0 bridgehead atoms. The van der Waals surface area contributed by atoms with Gasteiger partial charge in [0.1, 0.15) is 11.6 Å². The van der Waals surface area contributed by atoms with Gasteiger partial charge in [0, 0.05) is 56.5 Å². The Morgan fingerprint density at radius 3 is 2.77 bits per heavy atom. The van der Waals surface area contributed by atoms with Crippen LogP contribution in [-0.4, -0.2) is 37.6 Å². The van der Waals surface area contributed by atoms with Crippen LogP contribution in [0.3, 0.4) is 0 Å². The highest BCUT2D eigenvalue weighted by molar-refractivity contribution is 5.17. The van der Waals surface area contributed by atoms with Crippen molar-refractivity contribution in [1.29, 1.82) is 0 Å². The number of pyridine rings is 2. The number of imidazole rings is 1. The van der Waals surface area contributed by atoms with E-state index in [0.29, 0.717) is 6.61 Å². The minimum atomic E-state index is 0.278. The van der Waals surface area contributed by atoms with Crippen molar-refractivity contribution in [3.05, 3.63) is 72.3 Å². The van der Waals surface area contributed by atoms with E-state index in [0.717, 1.165) is 43.3 Å². The number of rotatable bonds is 6. The summed E-state index contributed by atoms with van der Waals surface area (Å²) in [4.78, 5) is 15.6. The average Bonchev–Trinajstić information content (AvgIpc) is 3.10. The normalized spacial score (nSPS) is 17.0. The van der Waals surface area contributed by atoms with Crippen molar-refractivity contribution >= 4 is 0 Å². The van der Waals surface area contributed by atoms with Crippen LogP contribution in [0.2, 0.25) is 0 Å². The molecule has 0 unspecified atom stereocenters. The molecule has 1 atom stereocenters. The van der Waals surface area contributed by atoms with Crippen molar-refractivity contribution in [2.45, 2.75) is 32.5 Å². The summed E-state index contributed by atoms with van der Waals surface area (Å²) in [6, 6.07) is 10.1. The zero-order chi connectivity index (χ0) is 17.8. The lowest BCUT2D eigenvalue weighted by Gasteiger charge is -2.34. The highest BCUT2D eigenvalue weighted by atomic mass is 16.5. The van der Waals surface area contributed by atoms with Crippen molar-refractivity contribution in [2.24, 2.45) is 0 Å². The predicted molar refractivity (Wildman–Crippen MR) is 98.7 cm³/mol. The number of hydrogen-bond acceptors (Lipinski definition) is 5. The van der Waals surface area contributed by atoms with Gasteiger partial charge in [-0.3, -0.25) is 14.9 Å². The van der Waals surface area contributed by atoms with E-state index in [-0.39, 0.29) is 6.04 Å². The van der Waals surface area contributed by atoms with Gasteiger partial charge in [-0.1, -0.05) is 6.07 Å². The van der Waals surface area contributed by atoms with Gasteiger partial charge in [0.2, 0.25) is 0 Å². The molecule has 0 saturated carbocycles. The Hall–Kier alpha value is -2.73. The molecule has 6 nitrogen and oxygen atoms in total. The molecule has 1 aliphatic heterocycles. The van der Waals surface area contributed by atoms with Gasteiger partial charge in [0.15, 0.2) is 0 Å². The largest absolute Gasteiger partial charge is 0.493 e. The maximum atomic E-state index is 5.80. The third-order valence-corrected chi connectivity index (χ3v) is 4.87. The summed E-state index contributed by atoms with van der Waals surface area (Å²) in [7, 11) is 0. The second-order valence-corrected chi connectivity index (χ2v) is 6.51. The van der Waals surface area contributed by atoms with E-state index in [2.05, 4.69) is 32.4 Å². The molecule has 3 aromatic rings. The van der Waals surface area contributed by atoms with Crippen LogP contribution in [0.15, 0.2) is 55.1 Å². The molecule has 0 aromatic carbocycles. The predicted octanol–water partition coefficient (Wildman–Crippen LogP) is 2.87. The van der Waals surface area contributed by atoms with Gasteiger partial charge in [-0.15, -0.1) is 0 Å². The first-order valence-electron chi connectivity index (χ1n) is 9.02. The minimum Gasteiger partial charge on any atom is -0.493 e. The van der Waals surface area contributed by atoms with E-state index in [1.807, 2.05) is 36.7 Å². The fourth-order valence-electron chi connectivity index (χ4n) is 3.43. The molecular weight excluding hydrogens is 326 g/mol. The van der Waals surface area contributed by atoms with Gasteiger partial charge >= 0.3 is 0 Å². The topological polar surface area (TPSA) is 56.1 Å². The first-order valence-corrected chi connectivity index (χ1v) is 9.02. The molecule has 4 heterocycles. The van der Waals surface area contributed by atoms with Gasteiger partial charge in [0.05, 0.1) is 18.3 Å². The van der Waals surface area contributed by atoms with Gasteiger partial charge in [0.25, 0.3) is 0 Å². The van der Waals surface area contributed by atoms with E-state index >= 15 is 0 Å². The maximum Gasteiger partial charge on any atom is 0.126 e. The van der Waals surface area contributed by atoms with Crippen LogP contribution < -0.4 is 4.74 Å². The molecule has 0 radical (unpaired) electrons. The van der Waals surface area contributed by atoms with Crippen molar-refractivity contribution in [1.82, 2.24) is 24.4 Å². The lowest BCUT2D eigenvalue weighted by atomic mass is 10.2. The second kappa shape index (κ2) is 7.66. The quantitative estimate of drug-likeness (QED) is 0.685. The van der Waals surface area contributed by atoms with Crippen LogP contribution in [0.25, 0.3) is 0 Å². The zero-order valence-corrected chi connectivity index (χ0v) is 15.0. The lowest BCUT2D eigenvalue weighted by Crippen LogP contribution is -2.37. The summed E-state index contributed by atoms with van der Waals surface area (Å²) in [6.07, 6.45) is 8.18. The number of hydrogen-bond donors (Lipinski definition) is 0. The van der Waals surface area contributed by atoms with Gasteiger partial charge in [-0.2, -0.15) is 0 Å². The van der Waals surface area contributed by atoms with Crippen molar-refractivity contribution in [3.8, 4) is 5.75 Å². The third-order valence-electron chi connectivity index (χ3n) is 4.87. The van der Waals surface area contributed by atoms with Gasteiger partial charge < -0.3 is 9.30 Å². The summed E-state index contributed by atoms with van der Waals surface area (Å²) >= 11 is 0. The Bertz CT molecular complexity index is 834. The van der Waals surface area contributed by atoms with E-state index in [1.54, 1.807) is 12.4 Å². The van der Waals surface area contributed by atoms with E-state index in [4.69, 9.17) is 9.72 Å². The zero-order valence-electron chi connectivity index (χ0n) is 15.0. The van der Waals surface area contributed by atoms with E-state index < -0.39 is 0 Å². The summed E-state index contributed by atoms with van der Waals surface area (Å²) in [5.74, 6) is 1.99. The SMILES string of the molecule is C[C@H]1c2ncc(CCOc3ccncc3)n2CCN1Cc1ccccn1. The van der Waals surface area contributed by atoms with E-state index in [1.165, 1.54) is 5.69 Å². The summed E-state index contributed by atoms with van der Waals surface area (Å²) in [5.41, 5.74) is 2.34. The van der Waals surface area contributed by atoms with E-state index in [9.17, 15) is 0 Å². The average molecular weight is 349 g/mol. The summed E-state index contributed by atoms with van der Waals surface area (Å²) in [6.45, 7) is 5.67. The van der Waals surface area contributed by atoms with Crippen molar-refractivity contribution < 1.29 is 4.74 Å². The molecule has 0 saturated heterocycles. The van der Waals surface area contributed by atoms with Crippen molar-refractivity contribution in [2.75, 3.05) is 13.2 Å². The molecule has 26 heavy (non-hydrogen) atoms. The maximum absolute atomic E-state index is 5.80. The lowest BCUT2D eigenvalue weighted by molar-refractivity contribution is 0.153. The monoisotopic (exact) mass is 349 g/mol. The Morgan fingerprint density at radius 2 is 1.96 bits per heavy atom.